The van der Waals surface area contributed by atoms with Crippen LogP contribution in [0.2, 0.25) is 0 Å². The molecule has 57 heavy (non-hydrogen) atoms. The van der Waals surface area contributed by atoms with Gasteiger partial charge < -0.3 is 13.7 Å². The smallest absolute Gasteiger partial charge is 0.143 e. The summed E-state index contributed by atoms with van der Waals surface area (Å²) in [6.45, 7) is 0. The summed E-state index contributed by atoms with van der Waals surface area (Å²) in [7, 11) is 0. The normalized spacial score (nSPS) is 11.9. The number of hydrogen-bond acceptors (Lipinski definition) is 3. The molecular weight excluding hydrogens is 695 g/mol. The van der Waals surface area contributed by atoms with E-state index in [1.165, 1.54) is 32.7 Å². The summed E-state index contributed by atoms with van der Waals surface area (Å²) in [6, 6.07) is 71.5. The van der Waals surface area contributed by atoms with Gasteiger partial charge in [0.1, 0.15) is 22.3 Å². The predicted molar refractivity (Wildman–Crippen MR) is 239 cm³/mol. The average molecular weight is 728 g/mol. The molecule has 0 spiro atoms. The maximum Gasteiger partial charge on any atom is 0.143 e. The minimum atomic E-state index is 0.850. The maximum atomic E-state index is 6.75. The van der Waals surface area contributed by atoms with Crippen LogP contribution in [0.5, 0.6) is 0 Å². The van der Waals surface area contributed by atoms with E-state index >= 15 is 0 Å². The van der Waals surface area contributed by atoms with E-state index in [1.807, 2.05) is 12.1 Å². The molecule has 0 aliphatic heterocycles. The highest BCUT2D eigenvalue weighted by molar-refractivity contribution is 6.21. The molecule has 10 aromatic carbocycles. The molecule has 0 aliphatic carbocycles. The van der Waals surface area contributed by atoms with Crippen LogP contribution in [-0.2, 0) is 0 Å². The Morgan fingerprint density at radius 3 is 1.79 bits per heavy atom. The molecule has 12 rings (SSSR count). The van der Waals surface area contributed by atoms with Gasteiger partial charge in [0.05, 0.1) is 16.8 Å². The lowest BCUT2D eigenvalue weighted by Crippen LogP contribution is -2.11. The molecule has 3 nitrogen and oxygen atoms in total. The van der Waals surface area contributed by atoms with Crippen LogP contribution in [0.3, 0.4) is 0 Å². The first kappa shape index (κ1) is 31.7. The minimum Gasteiger partial charge on any atom is -0.456 e. The molecule has 0 bridgehead atoms. The van der Waals surface area contributed by atoms with Gasteiger partial charge in [0.25, 0.3) is 0 Å². The van der Waals surface area contributed by atoms with Crippen LogP contribution < -0.4 is 4.90 Å². The first-order valence-electron chi connectivity index (χ1n) is 19.4. The zero-order chi connectivity index (χ0) is 37.5. The fraction of sp³-hybridized carbons (Fsp3) is 0. The molecule has 2 heterocycles. The van der Waals surface area contributed by atoms with E-state index in [0.29, 0.717) is 0 Å². The molecule has 0 aliphatic rings. The van der Waals surface area contributed by atoms with Crippen molar-refractivity contribution in [1.82, 2.24) is 0 Å². The minimum absolute atomic E-state index is 0.850. The SMILES string of the molecule is c1ccc(N(c2ccc(-c3cc4ccccc4c4ccccc34)cc2)c2cccc3oc4c5ccccc5ccc4c23)c(-c2cccc3oc4ccccc4c23)c1. The standard InChI is InChI=1S/C54H33NO2/c1-4-16-39-34(13-1)29-32-45-53-48(23-12-26-51(53)57-54(39)45)55(47-22-9-7-19-42(47)43-21-11-25-50-52(43)44-20-8-10-24-49(44)56-50)37-30-27-35(28-31-37)46-33-36-14-2-3-15-38(36)40-17-5-6-18-41(40)46/h1-33H. The Bertz CT molecular complexity index is 3530. The summed E-state index contributed by atoms with van der Waals surface area (Å²) in [5.41, 5.74) is 11.3. The highest BCUT2D eigenvalue weighted by Gasteiger charge is 2.24. The Labute approximate surface area is 328 Å². The lowest BCUT2D eigenvalue weighted by atomic mass is 9.93. The summed E-state index contributed by atoms with van der Waals surface area (Å²) < 4.78 is 13.2. The number of anilines is 3. The van der Waals surface area contributed by atoms with Crippen molar-refractivity contribution in [1.29, 1.82) is 0 Å². The van der Waals surface area contributed by atoms with Gasteiger partial charge in [0, 0.05) is 32.8 Å². The second kappa shape index (κ2) is 12.5. The van der Waals surface area contributed by atoms with Crippen molar-refractivity contribution in [3.05, 3.63) is 200 Å². The number of hydrogen-bond donors (Lipinski definition) is 0. The Kier molecular flexibility index (Phi) is 6.93. The predicted octanol–water partition coefficient (Wildman–Crippen LogP) is 15.7. The Morgan fingerprint density at radius 2 is 0.930 bits per heavy atom. The molecule has 0 N–H and O–H groups in total. The molecule has 0 radical (unpaired) electrons. The molecule has 0 unspecified atom stereocenters. The topological polar surface area (TPSA) is 29.5 Å². The van der Waals surface area contributed by atoms with E-state index in [-0.39, 0.29) is 0 Å². The van der Waals surface area contributed by atoms with Gasteiger partial charge in [-0.25, -0.2) is 0 Å². The lowest BCUT2D eigenvalue weighted by Gasteiger charge is -2.29. The molecule has 0 atom stereocenters. The molecule has 3 heteroatoms. The van der Waals surface area contributed by atoms with Gasteiger partial charge in [-0.3, -0.25) is 0 Å². The zero-order valence-corrected chi connectivity index (χ0v) is 30.8. The van der Waals surface area contributed by atoms with Crippen molar-refractivity contribution in [2.75, 3.05) is 4.90 Å². The van der Waals surface area contributed by atoms with Crippen molar-refractivity contribution < 1.29 is 8.83 Å². The van der Waals surface area contributed by atoms with E-state index in [4.69, 9.17) is 8.83 Å². The Morgan fingerprint density at radius 1 is 0.316 bits per heavy atom. The van der Waals surface area contributed by atoms with Gasteiger partial charge in [-0.1, -0.05) is 146 Å². The molecule has 2 aromatic heterocycles. The van der Waals surface area contributed by atoms with Crippen molar-refractivity contribution in [3.63, 3.8) is 0 Å². The largest absolute Gasteiger partial charge is 0.456 e. The van der Waals surface area contributed by atoms with Crippen LogP contribution in [0.25, 0.3) is 98.4 Å². The fourth-order valence-corrected chi connectivity index (χ4v) is 9.11. The number of fused-ring (bicyclic) bond motifs is 11. The number of rotatable bonds is 5. The van der Waals surface area contributed by atoms with Crippen molar-refractivity contribution in [2.45, 2.75) is 0 Å². The van der Waals surface area contributed by atoms with E-state index < -0.39 is 0 Å². The third-order valence-corrected chi connectivity index (χ3v) is 11.6. The van der Waals surface area contributed by atoms with Gasteiger partial charge >= 0.3 is 0 Å². The molecule has 0 fully saturated rings. The highest BCUT2D eigenvalue weighted by Crippen LogP contribution is 2.49. The van der Waals surface area contributed by atoms with Gasteiger partial charge in [0.2, 0.25) is 0 Å². The van der Waals surface area contributed by atoms with Crippen LogP contribution in [0, 0.1) is 0 Å². The van der Waals surface area contributed by atoms with E-state index in [1.54, 1.807) is 0 Å². The van der Waals surface area contributed by atoms with Gasteiger partial charge in [-0.05, 0) is 98.2 Å². The van der Waals surface area contributed by atoms with Crippen molar-refractivity contribution >= 4 is 93.3 Å². The molecular formula is C54H33NO2. The molecule has 266 valence electrons. The Hall–Kier alpha value is -7.62. The summed E-state index contributed by atoms with van der Waals surface area (Å²) in [4.78, 5) is 2.41. The summed E-state index contributed by atoms with van der Waals surface area (Å²) in [6.07, 6.45) is 0. The number of nitrogens with zero attached hydrogens (tertiary/aromatic N) is 1. The quantitative estimate of drug-likeness (QED) is 0.165. The third-order valence-electron chi connectivity index (χ3n) is 11.6. The summed E-state index contributed by atoms with van der Waals surface area (Å²) >= 11 is 0. The average Bonchev–Trinajstić information content (AvgIpc) is 3.86. The van der Waals surface area contributed by atoms with Crippen LogP contribution in [-0.4, -0.2) is 0 Å². The summed E-state index contributed by atoms with van der Waals surface area (Å²) in [5.74, 6) is 0. The van der Waals surface area contributed by atoms with E-state index in [9.17, 15) is 0 Å². The lowest BCUT2D eigenvalue weighted by molar-refractivity contribution is 0.669. The molecule has 12 aromatic rings. The number of furan rings is 2. The van der Waals surface area contributed by atoms with E-state index in [2.05, 4.69) is 193 Å². The highest BCUT2D eigenvalue weighted by atomic mass is 16.3. The van der Waals surface area contributed by atoms with Gasteiger partial charge in [-0.2, -0.15) is 0 Å². The second-order valence-electron chi connectivity index (χ2n) is 14.8. The Balaban J connectivity index is 1.12. The third kappa shape index (κ3) is 4.86. The van der Waals surface area contributed by atoms with Crippen molar-refractivity contribution in [3.8, 4) is 22.3 Å². The fourth-order valence-electron chi connectivity index (χ4n) is 9.11. The van der Waals surface area contributed by atoms with Crippen LogP contribution in [0.15, 0.2) is 209 Å². The van der Waals surface area contributed by atoms with Crippen LogP contribution >= 0.6 is 0 Å². The first-order chi connectivity index (χ1) is 28.3. The monoisotopic (exact) mass is 727 g/mol. The molecule has 0 saturated heterocycles. The zero-order valence-electron chi connectivity index (χ0n) is 30.8. The van der Waals surface area contributed by atoms with Gasteiger partial charge in [-0.15, -0.1) is 0 Å². The van der Waals surface area contributed by atoms with Crippen LogP contribution in [0.4, 0.5) is 17.1 Å². The first-order valence-corrected chi connectivity index (χ1v) is 19.4. The summed E-state index contributed by atoms with van der Waals surface area (Å²) in [5, 5.41) is 11.6. The molecule has 0 amide bonds. The number of para-hydroxylation sites is 2. The van der Waals surface area contributed by atoms with Crippen molar-refractivity contribution in [2.24, 2.45) is 0 Å². The van der Waals surface area contributed by atoms with E-state index in [0.717, 1.165) is 82.8 Å². The van der Waals surface area contributed by atoms with Crippen LogP contribution in [0.1, 0.15) is 0 Å². The molecule has 0 saturated carbocycles. The van der Waals surface area contributed by atoms with Gasteiger partial charge in [0.15, 0.2) is 0 Å². The second-order valence-corrected chi connectivity index (χ2v) is 14.8. The number of benzene rings is 10. The maximum absolute atomic E-state index is 6.75.